The Labute approximate surface area is 545 Å². The number of hydrogen-bond donors (Lipinski definition) is 1. The SMILES string of the molecule is CC/C=C\C/C=C\C/C=C\C/C=C\C/C=C\C/C=C\C/C=C\CCCCCCCCCCCCCCCC(=O)OC(CO)COC(=O)CCCCCCCCCCCCCCCCCCCCCC/C=C\C/C=C\C/C=C\C/C=C\C/C=C\C/C=C\CC. The van der Waals surface area contributed by atoms with E-state index in [4.69, 9.17) is 9.47 Å². The molecule has 0 amide bonds. The lowest BCUT2D eigenvalue weighted by molar-refractivity contribution is -0.161. The first-order chi connectivity index (χ1) is 43.6. The van der Waals surface area contributed by atoms with Crippen molar-refractivity contribution in [2.45, 2.75) is 341 Å². The van der Waals surface area contributed by atoms with Crippen LogP contribution < -0.4 is 0 Å². The highest BCUT2D eigenvalue weighted by molar-refractivity contribution is 5.70. The van der Waals surface area contributed by atoms with Crippen molar-refractivity contribution in [3.05, 3.63) is 158 Å². The van der Waals surface area contributed by atoms with Crippen LogP contribution in [0, 0.1) is 0 Å². The quantitative estimate of drug-likeness (QED) is 0.0373. The second-order valence-electron chi connectivity index (χ2n) is 24.3. The van der Waals surface area contributed by atoms with E-state index in [1.165, 1.54) is 186 Å². The van der Waals surface area contributed by atoms with Crippen LogP contribution in [-0.2, 0) is 19.1 Å². The molecular weight excluding hydrogens is 1080 g/mol. The summed E-state index contributed by atoms with van der Waals surface area (Å²) in [6, 6.07) is 0. The van der Waals surface area contributed by atoms with Gasteiger partial charge >= 0.3 is 11.9 Å². The van der Waals surface area contributed by atoms with E-state index >= 15 is 0 Å². The average molecular weight is 1220 g/mol. The maximum Gasteiger partial charge on any atom is 0.306 e. The average Bonchev–Trinajstić information content (AvgIpc) is 3.54. The molecule has 0 aromatic carbocycles. The first-order valence-electron chi connectivity index (χ1n) is 37.0. The number of ether oxygens (including phenoxy) is 2. The van der Waals surface area contributed by atoms with Gasteiger partial charge in [-0.1, -0.05) is 358 Å². The summed E-state index contributed by atoms with van der Waals surface area (Å²) in [5.41, 5.74) is 0. The first-order valence-corrected chi connectivity index (χ1v) is 37.0. The molecule has 500 valence electrons. The maximum absolute atomic E-state index is 12.4. The molecule has 0 rings (SSSR count). The predicted octanol–water partition coefficient (Wildman–Crippen LogP) is 26.2. The van der Waals surface area contributed by atoms with Gasteiger partial charge in [0.15, 0.2) is 6.10 Å². The summed E-state index contributed by atoms with van der Waals surface area (Å²) in [6.45, 7) is 3.93. The topological polar surface area (TPSA) is 72.8 Å². The van der Waals surface area contributed by atoms with Crippen molar-refractivity contribution in [3.63, 3.8) is 0 Å². The Morgan fingerprint density at radius 2 is 0.455 bits per heavy atom. The van der Waals surface area contributed by atoms with E-state index in [2.05, 4.69) is 172 Å². The highest BCUT2D eigenvalue weighted by atomic mass is 16.6. The lowest BCUT2D eigenvalue weighted by atomic mass is 10.0. The molecule has 0 aromatic heterocycles. The minimum absolute atomic E-state index is 0.0698. The standard InChI is InChI=1S/C83H138O5/c1-3-5-7-9-11-13-15-17-19-21-23-25-27-29-31-33-35-37-39-40-41-42-44-45-47-49-51-53-55-57-59-61-63-65-67-69-71-73-75-77-82(85)87-80-81(79-84)88-83(86)78-76-74-72-70-68-66-64-62-60-58-56-54-52-50-48-46-43-38-36-34-32-30-28-26-24-22-20-18-16-14-12-10-8-6-4-2/h5-8,11-14,17-20,23-26,29-32,35-38,46,48,81,84H,3-4,9-10,15-16,21-22,27-28,33-34,39-45,47,49-80H2,1-2H3/b7-5-,8-6-,13-11-,14-12-,19-17-,20-18-,25-23-,26-24-,31-29-,32-30-,37-35-,38-36-,48-46-. The van der Waals surface area contributed by atoms with Crippen LogP contribution in [0.5, 0.6) is 0 Å². The smallest absolute Gasteiger partial charge is 0.306 e. The van der Waals surface area contributed by atoms with E-state index in [9.17, 15) is 14.7 Å². The molecule has 0 bridgehead atoms. The second-order valence-corrected chi connectivity index (χ2v) is 24.3. The fraction of sp³-hybridized carbons (Fsp3) is 0.663. The minimum Gasteiger partial charge on any atom is -0.462 e. The van der Waals surface area contributed by atoms with E-state index in [0.717, 1.165) is 122 Å². The van der Waals surface area contributed by atoms with E-state index in [1.807, 2.05) is 0 Å². The van der Waals surface area contributed by atoms with Crippen molar-refractivity contribution in [1.29, 1.82) is 0 Å². The highest BCUT2D eigenvalue weighted by Crippen LogP contribution is 2.18. The minimum atomic E-state index is -0.782. The van der Waals surface area contributed by atoms with Crippen LogP contribution in [0.2, 0.25) is 0 Å². The summed E-state index contributed by atoms with van der Waals surface area (Å²) in [4.78, 5) is 24.7. The van der Waals surface area contributed by atoms with Crippen LogP contribution in [0.1, 0.15) is 335 Å². The molecule has 0 heterocycles. The Morgan fingerprint density at radius 1 is 0.261 bits per heavy atom. The Balaban J connectivity index is 3.48. The third kappa shape index (κ3) is 74.0. The molecule has 1 unspecified atom stereocenters. The van der Waals surface area contributed by atoms with Crippen LogP contribution in [0.3, 0.4) is 0 Å². The third-order valence-electron chi connectivity index (χ3n) is 15.8. The van der Waals surface area contributed by atoms with E-state index in [-0.39, 0.29) is 25.2 Å². The second kappa shape index (κ2) is 76.8. The number of rotatable bonds is 67. The molecule has 0 aliphatic heterocycles. The van der Waals surface area contributed by atoms with Crippen LogP contribution in [0.25, 0.3) is 0 Å². The van der Waals surface area contributed by atoms with Gasteiger partial charge in [0.1, 0.15) is 6.61 Å². The lowest BCUT2D eigenvalue weighted by Gasteiger charge is -2.15. The van der Waals surface area contributed by atoms with Gasteiger partial charge in [-0.3, -0.25) is 9.59 Å². The molecule has 0 radical (unpaired) electrons. The number of aliphatic hydroxyl groups excluding tert-OH is 1. The summed E-state index contributed by atoms with van der Waals surface area (Å²) in [5, 5.41) is 9.72. The van der Waals surface area contributed by atoms with Crippen molar-refractivity contribution in [2.24, 2.45) is 0 Å². The molecule has 1 N–H and O–H groups in total. The molecule has 0 aliphatic carbocycles. The zero-order chi connectivity index (χ0) is 63.3. The molecule has 0 fully saturated rings. The first kappa shape index (κ1) is 83.5. The summed E-state index contributed by atoms with van der Waals surface area (Å²) < 4.78 is 10.8. The number of unbranched alkanes of at least 4 members (excludes halogenated alkanes) is 33. The molecule has 0 saturated heterocycles. The van der Waals surface area contributed by atoms with Gasteiger partial charge in [-0.05, 0) is 122 Å². The molecule has 0 spiro atoms. The van der Waals surface area contributed by atoms with Gasteiger partial charge < -0.3 is 14.6 Å². The molecule has 0 aliphatic rings. The summed E-state index contributed by atoms with van der Waals surface area (Å²) >= 11 is 0. The Hall–Kier alpha value is -4.48. The van der Waals surface area contributed by atoms with Crippen LogP contribution in [0.4, 0.5) is 0 Å². The number of esters is 2. The van der Waals surface area contributed by atoms with Gasteiger partial charge in [0, 0.05) is 12.8 Å². The molecule has 0 aromatic rings. The largest absolute Gasteiger partial charge is 0.462 e. The fourth-order valence-electron chi connectivity index (χ4n) is 10.4. The van der Waals surface area contributed by atoms with Gasteiger partial charge in [-0.2, -0.15) is 0 Å². The Bertz CT molecular complexity index is 1860. The highest BCUT2D eigenvalue weighted by Gasteiger charge is 2.16. The van der Waals surface area contributed by atoms with E-state index < -0.39 is 6.10 Å². The molecular formula is C83H138O5. The number of hydrogen-bond acceptors (Lipinski definition) is 5. The zero-order valence-corrected chi connectivity index (χ0v) is 57.4. The third-order valence-corrected chi connectivity index (χ3v) is 15.8. The summed E-state index contributed by atoms with van der Waals surface area (Å²) in [5.74, 6) is -0.585. The monoisotopic (exact) mass is 1220 g/mol. The lowest BCUT2D eigenvalue weighted by Crippen LogP contribution is -2.28. The number of allylic oxidation sites excluding steroid dienone is 26. The molecule has 1 atom stereocenters. The maximum atomic E-state index is 12.4. The van der Waals surface area contributed by atoms with Crippen molar-refractivity contribution in [3.8, 4) is 0 Å². The number of carbonyl (C=O) groups is 2. The molecule has 88 heavy (non-hydrogen) atoms. The van der Waals surface area contributed by atoms with Gasteiger partial charge in [0.25, 0.3) is 0 Å². The molecule has 5 heteroatoms. The summed E-state index contributed by atoms with van der Waals surface area (Å²) in [6.07, 6.45) is 117. The zero-order valence-electron chi connectivity index (χ0n) is 57.4. The van der Waals surface area contributed by atoms with Crippen LogP contribution >= 0.6 is 0 Å². The Morgan fingerprint density at radius 3 is 0.682 bits per heavy atom. The Kier molecular flexibility index (Phi) is 72.9. The van der Waals surface area contributed by atoms with Crippen molar-refractivity contribution in [1.82, 2.24) is 0 Å². The number of aliphatic hydroxyl groups is 1. The fourth-order valence-corrected chi connectivity index (χ4v) is 10.4. The van der Waals surface area contributed by atoms with Crippen LogP contribution in [-0.4, -0.2) is 36.4 Å². The van der Waals surface area contributed by atoms with Gasteiger partial charge in [0.05, 0.1) is 6.61 Å². The van der Waals surface area contributed by atoms with Gasteiger partial charge in [-0.25, -0.2) is 0 Å². The van der Waals surface area contributed by atoms with Crippen molar-refractivity contribution < 1.29 is 24.2 Å². The van der Waals surface area contributed by atoms with Crippen molar-refractivity contribution >= 4 is 11.9 Å². The van der Waals surface area contributed by atoms with Gasteiger partial charge in [0.2, 0.25) is 0 Å². The van der Waals surface area contributed by atoms with E-state index in [1.54, 1.807) is 0 Å². The van der Waals surface area contributed by atoms with Gasteiger partial charge in [-0.15, -0.1) is 0 Å². The van der Waals surface area contributed by atoms with Crippen LogP contribution in [0.15, 0.2) is 158 Å². The number of carbonyl (C=O) groups excluding carboxylic acids is 2. The summed E-state index contributed by atoms with van der Waals surface area (Å²) in [7, 11) is 0. The predicted molar refractivity (Wildman–Crippen MR) is 389 cm³/mol. The molecule has 5 nitrogen and oxygen atoms in total. The molecule has 0 saturated carbocycles. The normalized spacial score (nSPS) is 13.2. The van der Waals surface area contributed by atoms with E-state index in [0.29, 0.717) is 12.8 Å². The van der Waals surface area contributed by atoms with Crippen molar-refractivity contribution in [2.75, 3.05) is 13.2 Å².